The van der Waals surface area contributed by atoms with Crippen LogP contribution in [0.1, 0.15) is 29.4 Å². The highest BCUT2D eigenvalue weighted by Crippen LogP contribution is 2.25. The Balaban J connectivity index is 1.56. The van der Waals surface area contributed by atoms with Crippen LogP contribution in [0, 0.1) is 0 Å². The van der Waals surface area contributed by atoms with Crippen molar-refractivity contribution in [2.75, 3.05) is 17.2 Å². The van der Waals surface area contributed by atoms with E-state index in [2.05, 4.69) is 15.6 Å². The first kappa shape index (κ1) is 19.6. The number of rotatable bonds is 8. The zero-order chi connectivity index (χ0) is 19.8. The normalized spacial score (nSPS) is 10.3. The predicted octanol–water partition coefficient (Wildman–Crippen LogP) is 4.37. The molecule has 0 radical (unpaired) electrons. The summed E-state index contributed by atoms with van der Waals surface area (Å²) in [6.45, 7) is 2.38. The monoisotopic (exact) mass is 395 g/mol. The molecular weight excluding hydrogens is 374 g/mol. The second kappa shape index (κ2) is 9.66. The Labute approximate surface area is 167 Å². The van der Waals surface area contributed by atoms with Crippen LogP contribution in [0.25, 0.3) is 0 Å². The van der Waals surface area contributed by atoms with E-state index in [0.717, 1.165) is 5.56 Å². The van der Waals surface area contributed by atoms with Gasteiger partial charge in [0.25, 0.3) is 5.91 Å². The molecule has 3 rings (SSSR count). The topological polar surface area (TPSA) is 80.3 Å². The van der Waals surface area contributed by atoms with E-state index in [1.54, 1.807) is 17.5 Å². The summed E-state index contributed by atoms with van der Waals surface area (Å²) in [4.78, 5) is 28.8. The molecule has 0 spiro atoms. The molecule has 28 heavy (non-hydrogen) atoms. The molecule has 0 aliphatic heterocycles. The summed E-state index contributed by atoms with van der Waals surface area (Å²) in [5.41, 5.74) is 1.93. The van der Waals surface area contributed by atoms with Crippen molar-refractivity contribution in [3.05, 3.63) is 71.2 Å². The minimum atomic E-state index is -0.354. The first-order valence-corrected chi connectivity index (χ1v) is 9.86. The fourth-order valence-electron chi connectivity index (χ4n) is 2.56. The van der Waals surface area contributed by atoms with Gasteiger partial charge in [-0.05, 0) is 31.0 Å². The van der Waals surface area contributed by atoms with Crippen LogP contribution in [0.3, 0.4) is 0 Å². The van der Waals surface area contributed by atoms with Crippen molar-refractivity contribution in [2.24, 2.45) is 0 Å². The van der Waals surface area contributed by atoms with Gasteiger partial charge in [-0.25, -0.2) is 4.98 Å². The SMILES string of the molecule is CCOc1ccccc1NC(=O)c1csc(NC(=O)CCc2ccccc2)n1. The quantitative estimate of drug-likeness (QED) is 0.594. The Morgan fingerprint density at radius 3 is 2.57 bits per heavy atom. The molecule has 0 atom stereocenters. The van der Waals surface area contributed by atoms with Crippen molar-refractivity contribution in [1.82, 2.24) is 4.98 Å². The van der Waals surface area contributed by atoms with Gasteiger partial charge in [-0.1, -0.05) is 42.5 Å². The van der Waals surface area contributed by atoms with Gasteiger partial charge in [0.2, 0.25) is 5.91 Å². The number of nitrogens with one attached hydrogen (secondary N) is 2. The maximum Gasteiger partial charge on any atom is 0.275 e. The third-order valence-electron chi connectivity index (χ3n) is 3.90. The van der Waals surface area contributed by atoms with Crippen LogP contribution in [0.4, 0.5) is 10.8 Å². The lowest BCUT2D eigenvalue weighted by Gasteiger charge is -2.10. The van der Waals surface area contributed by atoms with Gasteiger partial charge in [-0.2, -0.15) is 0 Å². The van der Waals surface area contributed by atoms with Crippen LogP contribution < -0.4 is 15.4 Å². The third kappa shape index (κ3) is 5.40. The molecule has 0 aliphatic carbocycles. The molecule has 2 amide bonds. The van der Waals surface area contributed by atoms with Crippen molar-refractivity contribution >= 4 is 34.0 Å². The van der Waals surface area contributed by atoms with Crippen LogP contribution in [-0.4, -0.2) is 23.4 Å². The number of anilines is 2. The van der Waals surface area contributed by atoms with Crippen molar-refractivity contribution in [2.45, 2.75) is 19.8 Å². The minimum absolute atomic E-state index is 0.133. The number of carbonyl (C=O) groups is 2. The summed E-state index contributed by atoms with van der Waals surface area (Å²) in [5.74, 6) is 0.114. The maximum absolute atomic E-state index is 12.4. The van der Waals surface area contributed by atoms with Crippen LogP contribution in [0.15, 0.2) is 60.0 Å². The highest BCUT2D eigenvalue weighted by molar-refractivity contribution is 7.14. The standard InChI is InChI=1S/C21H21N3O3S/c1-2-27-18-11-7-6-10-16(18)22-20(26)17-14-28-21(23-17)24-19(25)13-12-15-8-4-3-5-9-15/h3-11,14H,2,12-13H2,1H3,(H,22,26)(H,23,24,25). The predicted molar refractivity (Wildman–Crippen MR) is 111 cm³/mol. The van der Waals surface area contributed by atoms with Crippen LogP contribution >= 0.6 is 11.3 Å². The van der Waals surface area contributed by atoms with E-state index in [1.165, 1.54) is 11.3 Å². The first-order valence-electron chi connectivity index (χ1n) is 8.98. The molecular formula is C21H21N3O3S. The first-order chi connectivity index (χ1) is 13.7. The van der Waals surface area contributed by atoms with Gasteiger partial charge in [0.15, 0.2) is 5.13 Å². The van der Waals surface area contributed by atoms with E-state index in [-0.39, 0.29) is 17.5 Å². The Kier molecular flexibility index (Phi) is 6.75. The van der Waals surface area contributed by atoms with Crippen LogP contribution in [0.2, 0.25) is 0 Å². The Morgan fingerprint density at radius 1 is 1.04 bits per heavy atom. The zero-order valence-corrected chi connectivity index (χ0v) is 16.3. The lowest BCUT2D eigenvalue weighted by atomic mass is 10.1. The number of amides is 2. The molecule has 0 bridgehead atoms. The molecule has 6 nitrogen and oxygen atoms in total. The Bertz CT molecular complexity index is 941. The zero-order valence-electron chi connectivity index (χ0n) is 15.5. The molecule has 7 heteroatoms. The van der Waals surface area contributed by atoms with E-state index < -0.39 is 0 Å². The van der Waals surface area contributed by atoms with Crippen LogP contribution in [-0.2, 0) is 11.2 Å². The van der Waals surface area contributed by atoms with Gasteiger partial charge < -0.3 is 15.4 Å². The van der Waals surface area contributed by atoms with Crippen LogP contribution in [0.5, 0.6) is 5.75 Å². The van der Waals surface area contributed by atoms with E-state index in [9.17, 15) is 9.59 Å². The number of nitrogens with zero attached hydrogens (tertiary/aromatic N) is 1. The summed E-state index contributed by atoms with van der Waals surface area (Å²) in [7, 11) is 0. The van der Waals surface area contributed by atoms with Gasteiger partial charge in [0.05, 0.1) is 12.3 Å². The fraction of sp³-hybridized carbons (Fsp3) is 0.190. The van der Waals surface area contributed by atoms with Gasteiger partial charge in [-0.3, -0.25) is 9.59 Å². The number of ether oxygens (including phenoxy) is 1. The lowest BCUT2D eigenvalue weighted by Crippen LogP contribution is -2.15. The number of carbonyl (C=O) groups excluding carboxylic acids is 2. The van der Waals surface area contributed by atoms with Gasteiger partial charge in [0, 0.05) is 11.8 Å². The number of hydrogen-bond donors (Lipinski definition) is 2. The Hall–Kier alpha value is -3.19. The average molecular weight is 395 g/mol. The van der Waals surface area contributed by atoms with Crippen molar-refractivity contribution in [1.29, 1.82) is 0 Å². The van der Waals surface area contributed by atoms with Crippen molar-refractivity contribution in [3.63, 3.8) is 0 Å². The van der Waals surface area contributed by atoms with Crippen molar-refractivity contribution < 1.29 is 14.3 Å². The average Bonchev–Trinajstić information content (AvgIpc) is 3.17. The molecule has 0 unspecified atom stereocenters. The second-order valence-corrected chi connectivity index (χ2v) is 6.81. The lowest BCUT2D eigenvalue weighted by molar-refractivity contribution is -0.116. The van der Waals surface area contributed by atoms with E-state index >= 15 is 0 Å². The Morgan fingerprint density at radius 2 is 1.79 bits per heavy atom. The molecule has 0 fully saturated rings. The van der Waals surface area contributed by atoms with E-state index in [1.807, 2.05) is 49.4 Å². The summed E-state index contributed by atoms with van der Waals surface area (Å²) < 4.78 is 5.51. The van der Waals surface area contributed by atoms with E-state index in [4.69, 9.17) is 4.74 Å². The fourth-order valence-corrected chi connectivity index (χ4v) is 3.26. The molecule has 2 N–H and O–H groups in total. The number of aromatic nitrogens is 1. The number of thiazole rings is 1. The highest BCUT2D eigenvalue weighted by atomic mass is 32.1. The number of para-hydroxylation sites is 2. The smallest absolute Gasteiger partial charge is 0.275 e. The number of benzene rings is 2. The third-order valence-corrected chi connectivity index (χ3v) is 4.66. The van der Waals surface area contributed by atoms with E-state index in [0.29, 0.717) is 36.0 Å². The molecule has 1 aromatic heterocycles. The van der Waals surface area contributed by atoms with Gasteiger partial charge in [0.1, 0.15) is 11.4 Å². The molecule has 2 aromatic carbocycles. The number of hydrogen-bond acceptors (Lipinski definition) is 5. The summed E-state index contributed by atoms with van der Waals surface area (Å²) in [6, 6.07) is 17.0. The van der Waals surface area contributed by atoms with Crippen molar-refractivity contribution in [3.8, 4) is 5.75 Å². The summed E-state index contributed by atoms with van der Waals surface area (Å²) in [5, 5.41) is 7.56. The highest BCUT2D eigenvalue weighted by Gasteiger charge is 2.14. The summed E-state index contributed by atoms with van der Waals surface area (Å²) >= 11 is 1.22. The molecule has 3 aromatic rings. The van der Waals surface area contributed by atoms with Gasteiger partial charge >= 0.3 is 0 Å². The minimum Gasteiger partial charge on any atom is -0.492 e. The second-order valence-electron chi connectivity index (χ2n) is 5.95. The largest absolute Gasteiger partial charge is 0.492 e. The summed E-state index contributed by atoms with van der Waals surface area (Å²) in [6.07, 6.45) is 1.01. The maximum atomic E-state index is 12.4. The molecule has 0 saturated carbocycles. The molecule has 1 heterocycles. The molecule has 0 aliphatic rings. The molecule has 0 saturated heterocycles. The molecule has 144 valence electrons. The van der Waals surface area contributed by atoms with Gasteiger partial charge in [-0.15, -0.1) is 11.3 Å². The number of aryl methyl sites for hydroxylation is 1.